The van der Waals surface area contributed by atoms with Gasteiger partial charge in [-0.2, -0.15) is 0 Å². The molecule has 1 aromatic carbocycles. The standard InChI is InChI=1S/C14H17BrN2O2S2/c1-9(17-10(2)13-7-8-14(15)20-13)11-3-5-12(6-4-11)21(16,18)19/h3-10,17H,1-2H3,(H2,16,18,19). The van der Waals surface area contributed by atoms with E-state index in [4.69, 9.17) is 5.14 Å². The Morgan fingerprint density at radius 1 is 1.10 bits per heavy atom. The van der Waals surface area contributed by atoms with Gasteiger partial charge >= 0.3 is 0 Å². The van der Waals surface area contributed by atoms with E-state index in [9.17, 15) is 8.42 Å². The molecule has 4 nitrogen and oxygen atoms in total. The van der Waals surface area contributed by atoms with E-state index >= 15 is 0 Å². The Labute approximate surface area is 137 Å². The molecular weight excluding hydrogens is 372 g/mol. The van der Waals surface area contributed by atoms with E-state index in [-0.39, 0.29) is 17.0 Å². The van der Waals surface area contributed by atoms with Crippen LogP contribution in [0.2, 0.25) is 0 Å². The molecule has 2 unspecified atom stereocenters. The third-order valence-corrected chi connectivity index (χ3v) is 5.96. The summed E-state index contributed by atoms with van der Waals surface area (Å²) in [5, 5.41) is 8.59. The van der Waals surface area contributed by atoms with Crippen molar-refractivity contribution in [1.82, 2.24) is 5.32 Å². The van der Waals surface area contributed by atoms with Crippen LogP contribution in [0.5, 0.6) is 0 Å². The number of thiophene rings is 1. The van der Waals surface area contributed by atoms with Gasteiger partial charge in [0.2, 0.25) is 10.0 Å². The van der Waals surface area contributed by atoms with Crippen LogP contribution in [0.1, 0.15) is 36.4 Å². The molecule has 1 heterocycles. The van der Waals surface area contributed by atoms with Crippen LogP contribution in [0.4, 0.5) is 0 Å². The maximum Gasteiger partial charge on any atom is 0.238 e. The van der Waals surface area contributed by atoms with Crippen molar-refractivity contribution in [3.05, 3.63) is 50.6 Å². The molecular formula is C14H17BrN2O2S2. The molecule has 114 valence electrons. The molecule has 0 aliphatic carbocycles. The molecule has 0 fully saturated rings. The molecule has 7 heteroatoms. The van der Waals surface area contributed by atoms with Crippen LogP contribution >= 0.6 is 27.3 Å². The third kappa shape index (κ3) is 4.37. The highest BCUT2D eigenvalue weighted by Crippen LogP contribution is 2.28. The minimum absolute atomic E-state index is 0.107. The van der Waals surface area contributed by atoms with E-state index in [1.54, 1.807) is 23.5 Å². The number of hydrogen-bond donors (Lipinski definition) is 2. The number of rotatable bonds is 5. The van der Waals surface area contributed by atoms with Gasteiger partial charge < -0.3 is 5.32 Å². The Morgan fingerprint density at radius 2 is 1.71 bits per heavy atom. The summed E-state index contributed by atoms with van der Waals surface area (Å²) in [5.74, 6) is 0. The molecule has 1 aromatic heterocycles. The molecule has 3 N–H and O–H groups in total. The van der Waals surface area contributed by atoms with Gasteiger partial charge in [-0.05, 0) is 59.6 Å². The van der Waals surface area contributed by atoms with Crippen molar-refractivity contribution < 1.29 is 8.42 Å². The number of nitrogens with one attached hydrogen (secondary N) is 1. The lowest BCUT2D eigenvalue weighted by atomic mass is 10.1. The number of benzene rings is 1. The topological polar surface area (TPSA) is 72.2 Å². The largest absolute Gasteiger partial charge is 0.303 e. The van der Waals surface area contributed by atoms with Crippen LogP contribution in [0.25, 0.3) is 0 Å². The van der Waals surface area contributed by atoms with Gasteiger partial charge in [0.15, 0.2) is 0 Å². The smallest absolute Gasteiger partial charge is 0.238 e. The fourth-order valence-electron chi connectivity index (χ4n) is 2.06. The Balaban J connectivity index is 2.08. The molecule has 0 amide bonds. The van der Waals surface area contributed by atoms with Gasteiger partial charge in [-0.3, -0.25) is 0 Å². The number of hydrogen-bond acceptors (Lipinski definition) is 4. The SMILES string of the molecule is CC(NC(C)c1ccc(Br)s1)c1ccc(S(N)(=O)=O)cc1. The predicted octanol–water partition coefficient (Wildman–Crippen LogP) is 3.57. The average molecular weight is 389 g/mol. The summed E-state index contributed by atoms with van der Waals surface area (Å²) in [7, 11) is -3.63. The van der Waals surface area contributed by atoms with Crippen molar-refractivity contribution in [2.45, 2.75) is 30.8 Å². The van der Waals surface area contributed by atoms with Gasteiger partial charge in [-0.25, -0.2) is 13.6 Å². The van der Waals surface area contributed by atoms with E-state index in [1.165, 1.54) is 17.0 Å². The zero-order valence-electron chi connectivity index (χ0n) is 11.7. The van der Waals surface area contributed by atoms with Crippen molar-refractivity contribution in [3.63, 3.8) is 0 Å². The highest BCUT2D eigenvalue weighted by atomic mass is 79.9. The molecule has 2 aromatic rings. The second-order valence-electron chi connectivity index (χ2n) is 4.87. The summed E-state index contributed by atoms with van der Waals surface area (Å²) in [6.45, 7) is 4.15. The summed E-state index contributed by atoms with van der Waals surface area (Å²) in [6.07, 6.45) is 0. The molecule has 0 aliphatic heterocycles. The second-order valence-corrected chi connectivity index (χ2v) is 8.92. The molecule has 0 bridgehead atoms. The zero-order chi connectivity index (χ0) is 15.6. The molecule has 0 saturated heterocycles. The number of sulfonamides is 1. The van der Waals surface area contributed by atoms with Gasteiger partial charge in [0.1, 0.15) is 0 Å². The van der Waals surface area contributed by atoms with Crippen LogP contribution in [-0.2, 0) is 10.0 Å². The third-order valence-electron chi connectivity index (χ3n) is 3.23. The monoisotopic (exact) mass is 388 g/mol. The van der Waals surface area contributed by atoms with Gasteiger partial charge in [0.25, 0.3) is 0 Å². The highest BCUT2D eigenvalue weighted by molar-refractivity contribution is 9.11. The number of halogens is 1. The number of nitrogens with two attached hydrogens (primary N) is 1. The molecule has 21 heavy (non-hydrogen) atoms. The summed E-state index contributed by atoms with van der Waals surface area (Å²) >= 11 is 5.16. The lowest BCUT2D eigenvalue weighted by Gasteiger charge is -2.19. The first-order valence-corrected chi connectivity index (χ1v) is 9.57. The first kappa shape index (κ1) is 16.6. The lowest BCUT2D eigenvalue weighted by Crippen LogP contribution is -2.22. The summed E-state index contributed by atoms with van der Waals surface area (Å²) < 4.78 is 23.6. The molecule has 0 spiro atoms. The average Bonchev–Trinajstić information content (AvgIpc) is 2.84. The van der Waals surface area contributed by atoms with Crippen molar-refractivity contribution in [1.29, 1.82) is 0 Å². The maximum absolute atomic E-state index is 11.2. The van der Waals surface area contributed by atoms with E-state index in [1.807, 2.05) is 13.0 Å². The van der Waals surface area contributed by atoms with Gasteiger partial charge in [0.05, 0.1) is 8.68 Å². The van der Waals surface area contributed by atoms with Crippen molar-refractivity contribution in [3.8, 4) is 0 Å². The van der Waals surface area contributed by atoms with Gasteiger partial charge in [-0.15, -0.1) is 11.3 Å². The summed E-state index contributed by atoms with van der Waals surface area (Å²) in [4.78, 5) is 1.38. The number of primary sulfonamides is 1. The highest BCUT2D eigenvalue weighted by Gasteiger charge is 2.14. The quantitative estimate of drug-likeness (QED) is 0.821. The van der Waals surface area contributed by atoms with E-state index in [2.05, 4.69) is 34.2 Å². The van der Waals surface area contributed by atoms with E-state index < -0.39 is 10.0 Å². The Kier molecular flexibility index (Phi) is 5.21. The van der Waals surface area contributed by atoms with Crippen LogP contribution in [-0.4, -0.2) is 8.42 Å². The first-order valence-electron chi connectivity index (χ1n) is 6.41. The normalized spacial score (nSPS) is 14.9. The second kappa shape index (κ2) is 6.58. The van der Waals surface area contributed by atoms with Crippen molar-refractivity contribution in [2.75, 3.05) is 0 Å². The van der Waals surface area contributed by atoms with Crippen LogP contribution in [0.3, 0.4) is 0 Å². The molecule has 2 atom stereocenters. The van der Waals surface area contributed by atoms with Crippen LogP contribution < -0.4 is 10.5 Å². The first-order chi connectivity index (χ1) is 9.77. The van der Waals surface area contributed by atoms with Crippen molar-refractivity contribution >= 4 is 37.3 Å². The fourth-order valence-corrected chi connectivity index (χ4v) is 4.01. The lowest BCUT2D eigenvalue weighted by molar-refractivity contribution is 0.500. The Hall–Kier alpha value is -0.730. The van der Waals surface area contributed by atoms with Gasteiger partial charge in [0, 0.05) is 17.0 Å². The predicted molar refractivity (Wildman–Crippen MR) is 89.8 cm³/mol. The van der Waals surface area contributed by atoms with Crippen molar-refractivity contribution in [2.24, 2.45) is 5.14 Å². The Bertz CT molecular complexity index is 711. The van der Waals surface area contributed by atoms with E-state index in [0.29, 0.717) is 0 Å². The molecule has 0 aliphatic rings. The van der Waals surface area contributed by atoms with Crippen LogP contribution in [0.15, 0.2) is 45.1 Å². The fraction of sp³-hybridized carbons (Fsp3) is 0.286. The van der Waals surface area contributed by atoms with Crippen LogP contribution in [0, 0.1) is 0 Å². The Morgan fingerprint density at radius 3 is 2.19 bits per heavy atom. The van der Waals surface area contributed by atoms with Gasteiger partial charge in [-0.1, -0.05) is 12.1 Å². The molecule has 2 rings (SSSR count). The molecule has 0 radical (unpaired) electrons. The molecule has 0 saturated carbocycles. The summed E-state index contributed by atoms with van der Waals surface area (Å²) in [5.41, 5.74) is 1.02. The summed E-state index contributed by atoms with van der Waals surface area (Å²) in [6, 6.07) is 11.1. The zero-order valence-corrected chi connectivity index (χ0v) is 14.9. The van der Waals surface area contributed by atoms with E-state index in [0.717, 1.165) is 9.35 Å². The minimum Gasteiger partial charge on any atom is -0.303 e. The minimum atomic E-state index is -3.63. The maximum atomic E-state index is 11.2.